The molecule has 0 aliphatic heterocycles. The Kier molecular flexibility index (Phi) is 3.90. The van der Waals surface area contributed by atoms with E-state index in [4.69, 9.17) is 14.6 Å². The van der Waals surface area contributed by atoms with Gasteiger partial charge in [0.2, 0.25) is 0 Å². The van der Waals surface area contributed by atoms with Gasteiger partial charge in [0.15, 0.2) is 11.5 Å². The molecular formula is C16H21NO4. The summed E-state index contributed by atoms with van der Waals surface area (Å²) >= 11 is 0. The first-order valence-electron chi connectivity index (χ1n) is 7.51. The standard InChI is InChI=1S/C16H21NO4/c1-20-14-7-6-10(12-9-13(12)17-16(18)19)8-15(14)21-11-4-2-3-5-11/h6-8,11-13,17H,2-5,9H2,1H3,(H,18,19). The van der Waals surface area contributed by atoms with Crippen molar-refractivity contribution in [1.29, 1.82) is 0 Å². The fourth-order valence-corrected chi connectivity index (χ4v) is 3.08. The lowest BCUT2D eigenvalue weighted by molar-refractivity contribution is 0.193. The highest BCUT2D eigenvalue weighted by atomic mass is 16.5. The Morgan fingerprint density at radius 3 is 2.71 bits per heavy atom. The third-order valence-corrected chi connectivity index (χ3v) is 4.31. The van der Waals surface area contributed by atoms with E-state index in [1.54, 1.807) is 7.11 Å². The Balaban J connectivity index is 1.72. The number of methoxy groups -OCH3 is 1. The van der Waals surface area contributed by atoms with Gasteiger partial charge in [-0.05, 0) is 49.8 Å². The van der Waals surface area contributed by atoms with Gasteiger partial charge in [0.25, 0.3) is 0 Å². The summed E-state index contributed by atoms with van der Waals surface area (Å²) in [6.45, 7) is 0. The maximum Gasteiger partial charge on any atom is 0.404 e. The van der Waals surface area contributed by atoms with Gasteiger partial charge in [-0.25, -0.2) is 4.79 Å². The van der Waals surface area contributed by atoms with Crippen LogP contribution in [0, 0.1) is 0 Å². The monoisotopic (exact) mass is 291 g/mol. The van der Waals surface area contributed by atoms with Gasteiger partial charge in [-0.3, -0.25) is 0 Å². The lowest BCUT2D eigenvalue weighted by Crippen LogP contribution is -2.24. The van der Waals surface area contributed by atoms with Crippen molar-refractivity contribution in [3.63, 3.8) is 0 Å². The molecule has 0 radical (unpaired) electrons. The minimum absolute atomic E-state index is 0.0234. The van der Waals surface area contributed by atoms with Crippen molar-refractivity contribution in [1.82, 2.24) is 5.32 Å². The average molecular weight is 291 g/mol. The van der Waals surface area contributed by atoms with Gasteiger partial charge in [0, 0.05) is 12.0 Å². The van der Waals surface area contributed by atoms with Crippen molar-refractivity contribution in [2.75, 3.05) is 7.11 Å². The van der Waals surface area contributed by atoms with E-state index in [1.165, 1.54) is 12.8 Å². The number of benzene rings is 1. The van der Waals surface area contributed by atoms with Gasteiger partial charge < -0.3 is 19.9 Å². The smallest absolute Gasteiger partial charge is 0.404 e. The first kappa shape index (κ1) is 14.0. The zero-order valence-corrected chi connectivity index (χ0v) is 12.2. The topological polar surface area (TPSA) is 67.8 Å². The van der Waals surface area contributed by atoms with Crippen molar-refractivity contribution >= 4 is 6.09 Å². The molecule has 3 rings (SSSR count). The highest BCUT2D eigenvalue weighted by molar-refractivity contribution is 5.66. The molecule has 0 spiro atoms. The molecule has 0 saturated heterocycles. The maximum atomic E-state index is 10.7. The number of carbonyl (C=O) groups is 1. The van der Waals surface area contributed by atoms with E-state index in [9.17, 15) is 4.79 Å². The first-order valence-corrected chi connectivity index (χ1v) is 7.51. The van der Waals surface area contributed by atoms with Gasteiger partial charge >= 0.3 is 6.09 Å². The molecule has 0 bridgehead atoms. The molecule has 21 heavy (non-hydrogen) atoms. The summed E-state index contributed by atoms with van der Waals surface area (Å²) in [4.78, 5) is 10.7. The van der Waals surface area contributed by atoms with Gasteiger partial charge in [-0.1, -0.05) is 6.07 Å². The summed E-state index contributed by atoms with van der Waals surface area (Å²) in [5, 5.41) is 11.3. The first-order chi connectivity index (χ1) is 10.2. The predicted molar refractivity (Wildman–Crippen MR) is 78.2 cm³/mol. The molecule has 114 valence electrons. The zero-order valence-electron chi connectivity index (χ0n) is 12.2. The van der Waals surface area contributed by atoms with Crippen molar-refractivity contribution in [3.05, 3.63) is 23.8 Å². The summed E-state index contributed by atoms with van der Waals surface area (Å²) < 4.78 is 11.4. The van der Waals surface area contributed by atoms with E-state index in [0.717, 1.165) is 36.3 Å². The molecule has 0 heterocycles. The van der Waals surface area contributed by atoms with Crippen LogP contribution in [0.2, 0.25) is 0 Å². The Morgan fingerprint density at radius 1 is 1.29 bits per heavy atom. The van der Waals surface area contributed by atoms with Gasteiger partial charge in [-0.15, -0.1) is 0 Å². The van der Waals surface area contributed by atoms with E-state index in [0.29, 0.717) is 0 Å². The number of rotatable bonds is 5. The van der Waals surface area contributed by atoms with Crippen LogP contribution in [0.5, 0.6) is 11.5 Å². The van der Waals surface area contributed by atoms with Crippen LogP contribution in [0.1, 0.15) is 43.6 Å². The van der Waals surface area contributed by atoms with Gasteiger partial charge in [-0.2, -0.15) is 0 Å². The van der Waals surface area contributed by atoms with Gasteiger partial charge in [0.05, 0.1) is 13.2 Å². The third-order valence-electron chi connectivity index (χ3n) is 4.31. The lowest BCUT2D eigenvalue weighted by atomic mass is 10.1. The molecule has 5 nitrogen and oxygen atoms in total. The molecule has 2 saturated carbocycles. The Labute approximate surface area is 124 Å². The Morgan fingerprint density at radius 2 is 2.05 bits per heavy atom. The summed E-state index contributed by atoms with van der Waals surface area (Å²) in [5.74, 6) is 1.77. The van der Waals surface area contributed by atoms with Crippen molar-refractivity contribution in [2.24, 2.45) is 0 Å². The number of hydrogen-bond acceptors (Lipinski definition) is 3. The summed E-state index contributed by atoms with van der Waals surface area (Å²) in [6, 6.07) is 5.94. The SMILES string of the molecule is COc1ccc(C2CC2NC(=O)O)cc1OC1CCCC1. The highest BCUT2D eigenvalue weighted by Gasteiger charge is 2.40. The Bertz CT molecular complexity index is 525. The van der Waals surface area contributed by atoms with E-state index < -0.39 is 6.09 Å². The predicted octanol–water partition coefficient (Wildman–Crippen LogP) is 3.14. The zero-order chi connectivity index (χ0) is 14.8. The Hall–Kier alpha value is -1.91. The second-order valence-electron chi connectivity index (χ2n) is 5.83. The van der Waals surface area contributed by atoms with E-state index >= 15 is 0 Å². The molecule has 1 aromatic carbocycles. The van der Waals surface area contributed by atoms with Crippen LogP contribution in [-0.2, 0) is 0 Å². The van der Waals surface area contributed by atoms with Crippen molar-refractivity contribution in [3.8, 4) is 11.5 Å². The number of hydrogen-bond donors (Lipinski definition) is 2. The largest absolute Gasteiger partial charge is 0.493 e. The minimum Gasteiger partial charge on any atom is -0.493 e. The van der Waals surface area contributed by atoms with E-state index in [2.05, 4.69) is 5.32 Å². The second-order valence-corrected chi connectivity index (χ2v) is 5.83. The molecule has 1 aromatic rings. The third kappa shape index (κ3) is 3.23. The van der Waals surface area contributed by atoms with Crippen LogP contribution in [0.4, 0.5) is 4.79 Å². The van der Waals surface area contributed by atoms with Crippen LogP contribution in [-0.4, -0.2) is 30.5 Å². The normalized spacial score (nSPS) is 24.6. The quantitative estimate of drug-likeness (QED) is 0.874. The lowest BCUT2D eigenvalue weighted by Gasteiger charge is -2.17. The van der Waals surface area contributed by atoms with Crippen LogP contribution in [0.15, 0.2) is 18.2 Å². The van der Waals surface area contributed by atoms with Crippen LogP contribution >= 0.6 is 0 Å². The molecule has 0 aromatic heterocycles. The highest BCUT2D eigenvalue weighted by Crippen LogP contribution is 2.44. The molecule has 2 aliphatic carbocycles. The maximum absolute atomic E-state index is 10.7. The van der Waals surface area contributed by atoms with Crippen LogP contribution in [0.3, 0.4) is 0 Å². The molecule has 5 heteroatoms. The number of ether oxygens (including phenoxy) is 2. The fourth-order valence-electron chi connectivity index (χ4n) is 3.08. The summed E-state index contributed by atoms with van der Waals surface area (Å²) in [5.41, 5.74) is 1.11. The second kappa shape index (κ2) is 5.84. The molecule has 2 atom stereocenters. The molecular weight excluding hydrogens is 270 g/mol. The molecule has 2 fully saturated rings. The minimum atomic E-state index is -0.960. The number of carboxylic acid groups (broad SMARTS) is 1. The van der Waals surface area contributed by atoms with Crippen molar-refractivity contribution < 1.29 is 19.4 Å². The fraction of sp³-hybridized carbons (Fsp3) is 0.562. The molecule has 2 N–H and O–H groups in total. The summed E-state index contributed by atoms with van der Waals surface area (Å²) in [7, 11) is 1.64. The molecule has 2 aliphatic rings. The van der Waals surface area contributed by atoms with Gasteiger partial charge in [0.1, 0.15) is 0 Å². The van der Waals surface area contributed by atoms with Crippen molar-refractivity contribution in [2.45, 2.75) is 50.2 Å². The summed E-state index contributed by atoms with van der Waals surface area (Å²) in [6.07, 6.45) is 4.81. The average Bonchev–Trinajstić information content (AvgIpc) is 3.01. The molecule has 1 amide bonds. The number of amides is 1. The van der Waals surface area contributed by atoms with Crippen LogP contribution in [0.25, 0.3) is 0 Å². The molecule has 2 unspecified atom stereocenters. The van der Waals surface area contributed by atoms with Crippen LogP contribution < -0.4 is 14.8 Å². The number of nitrogens with one attached hydrogen (secondary N) is 1. The van der Waals surface area contributed by atoms with E-state index in [-0.39, 0.29) is 18.1 Å². The van der Waals surface area contributed by atoms with E-state index in [1.807, 2.05) is 18.2 Å².